The van der Waals surface area contributed by atoms with E-state index >= 15 is 0 Å². The zero-order valence-corrected chi connectivity index (χ0v) is 17.2. The van der Waals surface area contributed by atoms with Gasteiger partial charge in [-0.2, -0.15) is 0 Å². The number of hydrogen-bond donors (Lipinski definition) is 0. The first-order valence-electron chi connectivity index (χ1n) is 10.6. The summed E-state index contributed by atoms with van der Waals surface area (Å²) in [5, 5.41) is 0. The third-order valence-corrected chi connectivity index (χ3v) is 6.08. The fraction of sp³-hybridized carbons (Fsp3) is 0.458. The second kappa shape index (κ2) is 9.51. The summed E-state index contributed by atoms with van der Waals surface area (Å²) in [7, 11) is 1.75. The molecule has 0 radical (unpaired) electrons. The maximum Gasteiger partial charge on any atom is 0.124 e. The highest BCUT2D eigenvalue weighted by molar-refractivity contribution is 5.75. The average Bonchev–Trinajstić information content (AvgIpc) is 3.10. The molecule has 1 aromatic heterocycles. The molecule has 0 N–H and O–H groups in total. The fourth-order valence-corrected chi connectivity index (χ4v) is 4.33. The van der Waals surface area contributed by atoms with E-state index in [1.54, 1.807) is 19.2 Å². The molecule has 154 valence electrons. The van der Waals surface area contributed by atoms with Crippen molar-refractivity contribution in [2.45, 2.75) is 38.8 Å². The first kappa shape index (κ1) is 20.0. The Morgan fingerprint density at radius 2 is 1.83 bits per heavy atom. The zero-order chi connectivity index (χ0) is 20.1. The normalized spacial score (nSPS) is 15.9. The molecular formula is C24H30FN3O. The van der Waals surface area contributed by atoms with Crippen molar-refractivity contribution in [3.8, 4) is 0 Å². The average molecular weight is 396 g/mol. The lowest BCUT2D eigenvalue weighted by molar-refractivity contribution is 0.162. The summed E-state index contributed by atoms with van der Waals surface area (Å²) in [6, 6.07) is 15.3. The predicted octanol–water partition coefficient (Wildman–Crippen LogP) is 4.67. The minimum Gasteiger partial charge on any atom is -0.383 e. The second-order valence-electron chi connectivity index (χ2n) is 8.05. The van der Waals surface area contributed by atoms with Crippen LogP contribution in [0.25, 0.3) is 11.0 Å². The molecule has 29 heavy (non-hydrogen) atoms. The number of fused-ring (bicyclic) bond motifs is 1. The van der Waals surface area contributed by atoms with Crippen molar-refractivity contribution in [1.82, 2.24) is 14.5 Å². The topological polar surface area (TPSA) is 30.3 Å². The molecule has 1 aliphatic rings. The van der Waals surface area contributed by atoms with Crippen LogP contribution in [-0.4, -0.2) is 41.3 Å². The van der Waals surface area contributed by atoms with Crippen LogP contribution >= 0.6 is 0 Å². The van der Waals surface area contributed by atoms with Crippen molar-refractivity contribution in [3.05, 3.63) is 65.7 Å². The Balaban J connectivity index is 1.33. The number of likely N-dealkylation sites (tertiary alicyclic amines) is 1. The number of imidazole rings is 1. The number of nitrogens with zero attached hydrogens (tertiary/aromatic N) is 3. The lowest BCUT2D eigenvalue weighted by atomic mass is 9.90. The summed E-state index contributed by atoms with van der Waals surface area (Å²) in [5.41, 5.74) is 3.49. The van der Waals surface area contributed by atoms with Crippen LogP contribution in [0.1, 0.15) is 30.7 Å². The number of aryl methyl sites for hydroxylation is 1. The smallest absolute Gasteiger partial charge is 0.124 e. The maximum absolute atomic E-state index is 13.0. The third-order valence-electron chi connectivity index (χ3n) is 6.08. The van der Waals surface area contributed by atoms with Gasteiger partial charge in [-0.25, -0.2) is 9.37 Å². The molecular weight excluding hydrogens is 365 g/mol. The first-order chi connectivity index (χ1) is 14.2. The Bertz CT molecular complexity index is 914. The van der Waals surface area contributed by atoms with E-state index in [0.717, 1.165) is 49.9 Å². The van der Waals surface area contributed by atoms with E-state index in [-0.39, 0.29) is 5.82 Å². The number of hydrogen-bond acceptors (Lipinski definition) is 3. The number of piperidine rings is 1. The number of ether oxygens (including phenoxy) is 1. The van der Waals surface area contributed by atoms with Crippen molar-refractivity contribution < 1.29 is 9.13 Å². The van der Waals surface area contributed by atoms with Crippen LogP contribution in [0.3, 0.4) is 0 Å². The highest BCUT2D eigenvalue weighted by atomic mass is 19.1. The summed E-state index contributed by atoms with van der Waals surface area (Å²) in [6.45, 7) is 4.64. The Morgan fingerprint density at radius 1 is 1.07 bits per heavy atom. The molecule has 0 aliphatic carbocycles. The number of aromatic nitrogens is 2. The largest absolute Gasteiger partial charge is 0.383 e. The molecule has 0 saturated carbocycles. The highest BCUT2D eigenvalue weighted by Crippen LogP contribution is 2.24. The Morgan fingerprint density at radius 3 is 2.59 bits per heavy atom. The Labute approximate surface area is 172 Å². The number of rotatable bonds is 8. The van der Waals surface area contributed by atoms with Crippen molar-refractivity contribution >= 4 is 11.0 Å². The van der Waals surface area contributed by atoms with E-state index in [0.29, 0.717) is 6.61 Å². The number of para-hydroxylation sites is 2. The summed E-state index contributed by atoms with van der Waals surface area (Å²) in [5.74, 6) is 1.73. The summed E-state index contributed by atoms with van der Waals surface area (Å²) < 4.78 is 20.7. The lowest BCUT2D eigenvalue weighted by Gasteiger charge is -2.31. The van der Waals surface area contributed by atoms with Crippen LogP contribution in [0.4, 0.5) is 4.39 Å². The van der Waals surface area contributed by atoms with Gasteiger partial charge in [-0.3, -0.25) is 4.90 Å². The zero-order valence-electron chi connectivity index (χ0n) is 17.2. The van der Waals surface area contributed by atoms with Crippen LogP contribution < -0.4 is 0 Å². The van der Waals surface area contributed by atoms with Crippen LogP contribution in [0, 0.1) is 11.7 Å². The predicted molar refractivity (Wildman–Crippen MR) is 114 cm³/mol. The van der Waals surface area contributed by atoms with Crippen LogP contribution in [-0.2, 0) is 24.2 Å². The van der Waals surface area contributed by atoms with E-state index in [2.05, 4.69) is 27.7 Å². The number of benzene rings is 2. The summed E-state index contributed by atoms with van der Waals surface area (Å²) in [4.78, 5) is 7.42. The van der Waals surface area contributed by atoms with Gasteiger partial charge in [0.25, 0.3) is 0 Å². The van der Waals surface area contributed by atoms with Crippen molar-refractivity contribution in [2.24, 2.45) is 5.92 Å². The van der Waals surface area contributed by atoms with Gasteiger partial charge in [0.15, 0.2) is 0 Å². The molecule has 0 unspecified atom stereocenters. The SMILES string of the molecule is COCCn1c(CN2CCC(CCc3ccc(F)cc3)CC2)nc2ccccc21. The minimum absolute atomic E-state index is 0.154. The first-order valence-corrected chi connectivity index (χ1v) is 10.6. The van der Waals surface area contributed by atoms with E-state index in [1.165, 1.54) is 30.3 Å². The van der Waals surface area contributed by atoms with Crippen LogP contribution in [0.15, 0.2) is 48.5 Å². The molecule has 2 aromatic carbocycles. The van der Waals surface area contributed by atoms with E-state index in [9.17, 15) is 4.39 Å². The molecule has 3 aromatic rings. The van der Waals surface area contributed by atoms with Gasteiger partial charge in [0, 0.05) is 13.7 Å². The van der Waals surface area contributed by atoms with Crippen LogP contribution in [0.2, 0.25) is 0 Å². The monoisotopic (exact) mass is 395 g/mol. The van der Waals surface area contributed by atoms with Crippen molar-refractivity contribution in [3.63, 3.8) is 0 Å². The van der Waals surface area contributed by atoms with Gasteiger partial charge in [-0.1, -0.05) is 24.3 Å². The van der Waals surface area contributed by atoms with Crippen molar-refractivity contribution in [2.75, 3.05) is 26.8 Å². The molecule has 2 heterocycles. The van der Waals surface area contributed by atoms with Gasteiger partial charge in [-0.15, -0.1) is 0 Å². The lowest BCUT2D eigenvalue weighted by Crippen LogP contribution is -2.34. The molecule has 4 rings (SSSR count). The summed E-state index contributed by atoms with van der Waals surface area (Å²) in [6.07, 6.45) is 4.67. The molecule has 0 atom stereocenters. The highest BCUT2D eigenvalue weighted by Gasteiger charge is 2.21. The summed E-state index contributed by atoms with van der Waals surface area (Å²) >= 11 is 0. The molecule has 0 spiro atoms. The quantitative estimate of drug-likeness (QED) is 0.555. The number of halogens is 1. The third kappa shape index (κ3) is 5.03. The van der Waals surface area contributed by atoms with Gasteiger partial charge < -0.3 is 9.30 Å². The van der Waals surface area contributed by atoms with Gasteiger partial charge in [0.2, 0.25) is 0 Å². The van der Waals surface area contributed by atoms with Gasteiger partial charge in [0.1, 0.15) is 11.6 Å². The van der Waals surface area contributed by atoms with Crippen LogP contribution in [0.5, 0.6) is 0 Å². The molecule has 5 heteroatoms. The van der Waals surface area contributed by atoms with E-state index < -0.39 is 0 Å². The standard InChI is InChI=1S/C24H30FN3O/c1-29-17-16-28-23-5-3-2-4-22(23)26-24(28)18-27-14-12-20(13-15-27)7-6-19-8-10-21(25)11-9-19/h2-5,8-11,20H,6-7,12-18H2,1H3. The fourth-order valence-electron chi connectivity index (χ4n) is 4.33. The molecule has 1 aliphatic heterocycles. The Hall–Kier alpha value is -2.24. The van der Waals surface area contributed by atoms with Gasteiger partial charge in [-0.05, 0) is 74.5 Å². The number of methoxy groups -OCH3 is 1. The molecule has 0 amide bonds. The van der Waals surface area contributed by atoms with Gasteiger partial charge in [0.05, 0.1) is 24.2 Å². The molecule has 0 bridgehead atoms. The molecule has 1 saturated heterocycles. The molecule has 1 fully saturated rings. The maximum atomic E-state index is 13.0. The van der Waals surface area contributed by atoms with E-state index in [4.69, 9.17) is 9.72 Å². The minimum atomic E-state index is -0.154. The molecule has 4 nitrogen and oxygen atoms in total. The second-order valence-corrected chi connectivity index (χ2v) is 8.05. The van der Waals surface area contributed by atoms with E-state index in [1.807, 2.05) is 18.2 Å². The Kier molecular flexibility index (Phi) is 6.57. The van der Waals surface area contributed by atoms with Gasteiger partial charge >= 0.3 is 0 Å². The van der Waals surface area contributed by atoms with Crippen molar-refractivity contribution in [1.29, 1.82) is 0 Å².